The topological polar surface area (TPSA) is 3.88 Å². The molecule has 128 valence electrons. The fourth-order valence-corrected chi connectivity index (χ4v) is 4.25. The zero-order chi connectivity index (χ0) is 17.4. The summed E-state index contributed by atoms with van der Waals surface area (Å²) in [4.78, 5) is 0. The van der Waals surface area contributed by atoms with Crippen molar-refractivity contribution >= 4 is 10.8 Å². The van der Waals surface area contributed by atoms with Gasteiger partial charge in [0.25, 0.3) is 0 Å². The quantitative estimate of drug-likeness (QED) is 0.472. The van der Waals surface area contributed by atoms with Crippen LogP contribution in [0.4, 0.5) is 0 Å². The van der Waals surface area contributed by atoms with Gasteiger partial charge >= 0.3 is 0 Å². The number of aromatic nitrogens is 1. The van der Waals surface area contributed by atoms with Crippen molar-refractivity contribution in [1.29, 1.82) is 0 Å². The number of rotatable bonds is 0. The second-order valence-corrected chi connectivity index (χ2v) is 7.70. The molecule has 0 spiro atoms. The molecule has 0 saturated heterocycles. The number of nitrogens with zero attached hydrogens (tertiary/aromatic N) is 1. The van der Waals surface area contributed by atoms with Crippen LogP contribution in [-0.4, -0.2) is 0 Å². The largest absolute Gasteiger partial charge is 0.220 e. The number of aryl methyl sites for hydroxylation is 4. The molecule has 3 aromatic rings. The molecule has 0 N–H and O–H groups in total. The Balaban J connectivity index is 2.02. The first-order valence-electron chi connectivity index (χ1n) is 9.65. The fourth-order valence-electron chi connectivity index (χ4n) is 4.25. The monoisotopic (exact) mass is 330 g/mol. The summed E-state index contributed by atoms with van der Waals surface area (Å²) in [5.41, 5.74) is 8.53. The third-order valence-electron chi connectivity index (χ3n) is 5.86. The minimum Gasteiger partial charge on any atom is -0.200 e. The predicted octanol–water partition coefficient (Wildman–Crippen LogP) is 5.61. The lowest BCUT2D eigenvalue weighted by Gasteiger charge is -2.14. The Hall–Kier alpha value is -2.15. The van der Waals surface area contributed by atoms with E-state index in [9.17, 15) is 0 Å². The van der Waals surface area contributed by atoms with Gasteiger partial charge in [-0.15, -0.1) is 0 Å². The lowest BCUT2D eigenvalue weighted by Crippen LogP contribution is -2.31. The normalized spacial score (nSPS) is 14.8. The van der Waals surface area contributed by atoms with Crippen LogP contribution in [0, 0.1) is 13.8 Å². The van der Waals surface area contributed by atoms with E-state index in [1.54, 1.807) is 0 Å². The minimum atomic E-state index is 1.20. The third-order valence-corrected chi connectivity index (χ3v) is 5.86. The molecule has 0 unspecified atom stereocenters. The van der Waals surface area contributed by atoms with E-state index in [1.807, 2.05) is 0 Å². The minimum absolute atomic E-state index is 1.20. The molecular formula is C24H28N+. The molecule has 2 aromatic carbocycles. The van der Waals surface area contributed by atoms with Crippen LogP contribution in [0.1, 0.15) is 47.9 Å². The molecular weight excluding hydrogens is 302 g/mol. The van der Waals surface area contributed by atoms with Crippen LogP contribution in [0.2, 0.25) is 0 Å². The first-order valence-corrected chi connectivity index (χ1v) is 9.65. The van der Waals surface area contributed by atoms with Crippen LogP contribution in [-0.2, 0) is 19.9 Å². The van der Waals surface area contributed by atoms with Crippen LogP contribution in [0.15, 0.2) is 42.6 Å². The van der Waals surface area contributed by atoms with Crippen molar-refractivity contribution in [3.63, 3.8) is 0 Å². The maximum atomic E-state index is 2.44. The molecule has 1 heterocycles. The summed E-state index contributed by atoms with van der Waals surface area (Å²) in [5, 5.41) is 2.73. The fraction of sp³-hybridized carbons (Fsp3) is 0.375. The number of pyridine rings is 1. The van der Waals surface area contributed by atoms with E-state index >= 15 is 0 Å². The Morgan fingerprint density at radius 2 is 1.56 bits per heavy atom. The highest BCUT2D eigenvalue weighted by atomic mass is 14.9. The summed E-state index contributed by atoms with van der Waals surface area (Å²) < 4.78 is 2.29. The van der Waals surface area contributed by atoms with E-state index in [0.717, 1.165) is 0 Å². The summed E-state index contributed by atoms with van der Waals surface area (Å²) in [6.45, 7) is 4.53. The van der Waals surface area contributed by atoms with Crippen molar-refractivity contribution in [2.45, 2.75) is 52.4 Å². The molecule has 25 heavy (non-hydrogen) atoms. The van der Waals surface area contributed by atoms with Gasteiger partial charge in [0.1, 0.15) is 7.05 Å². The second kappa shape index (κ2) is 6.63. The molecule has 2 aliphatic carbocycles. The van der Waals surface area contributed by atoms with Crippen LogP contribution >= 0.6 is 0 Å². The van der Waals surface area contributed by atoms with Gasteiger partial charge in [-0.25, -0.2) is 4.57 Å². The molecule has 0 saturated carbocycles. The first-order chi connectivity index (χ1) is 12.1. The molecule has 0 amide bonds. The summed E-state index contributed by atoms with van der Waals surface area (Å²) in [6.07, 6.45) is 9.90. The van der Waals surface area contributed by atoms with Gasteiger partial charge in [-0.1, -0.05) is 31.0 Å². The van der Waals surface area contributed by atoms with Gasteiger partial charge in [-0.3, -0.25) is 0 Å². The zero-order valence-electron chi connectivity index (χ0n) is 15.7. The third kappa shape index (κ3) is 3.08. The predicted molar refractivity (Wildman–Crippen MR) is 106 cm³/mol. The second-order valence-electron chi connectivity index (χ2n) is 7.70. The van der Waals surface area contributed by atoms with Gasteiger partial charge in [0.15, 0.2) is 6.20 Å². The van der Waals surface area contributed by atoms with Crippen molar-refractivity contribution in [3.8, 4) is 11.3 Å². The molecule has 1 aromatic heterocycles. The van der Waals surface area contributed by atoms with Crippen molar-refractivity contribution in [3.05, 3.63) is 64.8 Å². The van der Waals surface area contributed by atoms with Crippen LogP contribution in [0.25, 0.3) is 22.0 Å². The van der Waals surface area contributed by atoms with E-state index in [4.69, 9.17) is 0 Å². The summed E-state index contributed by atoms with van der Waals surface area (Å²) in [6, 6.07) is 14.2. The lowest BCUT2D eigenvalue weighted by atomic mass is 9.91. The summed E-state index contributed by atoms with van der Waals surface area (Å²) in [7, 11) is 2.17. The maximum absolute atomic E-state index is 2.44. The van der Waals surface area contributed by atoms with Crippen molar-refractivity contribution < 1.29 is 4.57 Å². The van der Waals surface area contributed by atoms with Crippen LogP contribution in [0.3, 0.4) is 0 Å². The van der Waals surface area contributed by atoms with Gasteiger partial charge in [-0.05, 0) is 79.3 Å². The van der Waals surface area contributed by atoms with Gasteiger partial charge in [0, 0.05) is 6.07 Å². The smallest absolute Gasteiger partial charge is 0.200 e. The maximum Gasteiger partial charge on any atom is 0.220 e. The Bertz CT molecular complexity index is 936. The van der Waals surface area contributed by atoms with Gasteiger partial charge in [-0.2, -0.15) is 0 Å². The van der Waals surface area contributed by atoms with E-state index in [0.29, 0.717) is 0 Å². The van der Waals surface area contributed by atoms with Gasteiger partial charge < -0.3 is 0 Å². The molecule has 0 radical (unpaired) electrons. The van der Waals surface area contributed by atoms with Crippen molar-refractivity contribution in [1.82, 2.24) is 0 Å². The van der Waals surface area contributed by atoms with Crippen molar-refractivity contribution in [2.24, 2.45) is 7.05 Å². The van der Waals surface area contributed by atoms with E-state index in [1.165, 1.54) is 82.8 Å². The molecule has 0 fully saturated rings. The molecule has 0 aliphatic heterocycles. The van der Waals surface area contributed by atoms with E-state index < -0.39 is 0 Å². The summed E-state index contributed by atoms with van der Waals surface area (Å²) >= 11 is 0. The average Bonchev–Trinajstić information content (AvgIpc) is 2.60. The molecule has 2 aliphatic rings. The highest BCUT2D eigenvalue weighted by Gasteiger charge is 2.19. The van der Waals surface area contributed by atoms with E-state index in [2.05, 4.69) is 68.1 Å². The number of benzene rings is 2. The lowest BCUT2D eigenvalue weighted by molar-refractivity contribution is -0.659. The molecule has 1 nitrogen and oxygen atoms in total. The van der Waals surface area contributed by atoms with E-state index in [-0.39, 0.29) is 0 Å². The molecule has 0 atom stereocenters. The SMILES string of the molecule is Cc1cc2cc(c1C)-c1c3ccc(cc3cc[n+]1C)CCCCCC2. The Morgan fingerprint density at radius 3 is 2.36 bits per heavy atom. The first kappa shape index (κ1) is 16.3. The summed E-state index contributed by atoms with van der Waals surface area (Å²) in [5.74, 6) is 0. The molecule has 6 bridgehead atoms. The Labute approximate surface area is 151 Å². The van der Waals surface area contributed by atoms with Gasteiger partial charge in [0.2, 0.25) is 5.69 Å². The Morgan fingerprint density at radius 1 is 0.800 bits per heavy atom. The number of fused-ring (bicyclic) bond motifs is 6. The standard InChI is InChI=1S/C24H28N/c1-17-14-20-9-7-5-4-6-8-19-10-11-22-21(15-19)12-13-25(3)24(22)23(16-20)18(17)2/h10-16H,4-9H2,1-3H3/q+1. The highest BCUT2D eigenvalue weighted by molar-refractivity contribution is 5.94. The average molecular weight is 330 g/mol. The highest BCUT2D eigenvalue weighted by Crippen LogP contribution is 2.32. The van der Waals surface area contributed by atoms with Crippen LogP contribution < -0.4 is 4.57 Å². The molecule has 5 rings (SSSR count). The number of hydrogen-bond acceptors (Lipinski definition) is 0. The molecule has 1 heteroatoms. The van der Waals surface area contributed by atoms with Crippen molar-refractivity contribution in [2.75, 3.05) is 0 Å². The van der Waals surface area contributed by atoms with Crippen LogP contribution in [0.5, 0.6) is 0 Å². The zero-order valence-corrected chi connectivity index (χ0v) is 15.7. The Kier molecular flexibility index (Phi) is 4.33. The van der Waals surface area contributed by atoms with Gasteiger partial charge in [0.05, 0.1) is 10.9 Å². The number of hydrogen-bond donors (Lipinski definition) is 0.